The Morgan fingerprint density at radius 2 is 1.66 bits per heavy atom. The summed E-state index contributed by atoms with van der Waals surface area (Å²) >= 11 is 0. The van der Waals surface area contributed by atoms with Crippen LogP contribution in [0.3, 0.4) is 0 Å². The van der Waals surface area contributed by atoms with Gasteiger partial charge in [0.05, 0.1) is 49.7 Å². The summed E-state index contributed by atoms with van der Waals surface area (Å²) < 4.78 is 49.9. The van der Waals surface area contributed by atoms with Gasteiger partial charge in [0.2, 0.25) is 0 Å². The molecular formula is C25H24F3N5O2. The predicted molar refractivity (Wildman–Crippen MR) is 127 cm³/mol. The number of methoxy groups -OCH3 is 1. The van der Waals surface area contributed by atoms with Gasteiger partial charge in [-0.05, 0) is 30.3 Å². The average molecular weight is 483 g/mol. The Morgan fingerprint density at radius 3 is 2.31 bits per heavy atom. The number of ether oxygens (including phenoxy) is 1. The summed E-state index contributed by atoms with van der Waals surface area (Å²) in [5.41, 5.74) is 0.626. The summed E-state index contributed by atoms with van der Waals surface area (Å²) in [6.07, 6.45) is 2.79. The molecule has 0 atom stereocenters. The molecular weight excluding hydrogens is 459 g/mol. The van der Waals surface area contributed by atoms with Gasteiger partial charge in [0.15, 0.2) is 17.3 Å². The van der Waals surface area contributed by atoms with E-state index in [0.717, 1.165) is 0 Å². The van der Waals surface area contributed by atoms with Gasteiger partial charge in [0, 0.05) is 0 Å². The van der Waals surface area contributed by atoms with Crippen LogP contribution in [0.1, 0.15) is 13.8 Å². The highest BCUT2D eigenvalue weighted by atomic mass is 19.3. The summed E-state index contributed by atoms with van der Waals surface area (Å²) in [6, 6.07) is 15.2. The average Bonchev–Trinajstić information content (AvgIpc) is 3.34. The molecule has 0 bridgehead atoms. The molecule has 10 heteroatoms. The zero-order valence-corrected chi connectivity index (χ0v) is 19.5. The Bertz CT molecular complexity index is 1380. The van der Waals surface area contributed by atoms with E-state index in [-0.39, 0.29) is 22.8 Å². The summed E-state index contributed by atoms with van der Waals surface area (Å²) in [5, 5.41) is 8.66. The number of alkyl halides is 2. The van der Waals surface area contributed by atoms with Crippen molar-refractivity contribution < 1.29 is 17.9 Å². The number of para-hydroxylation sites is 1. The molecule has 0 unspecified atom stereocenters. The van der Waals surface area contributed by atoms with E-state index >= 15 is 4.39 Å². The van der Waals surface area contributed by atoms with Crippen molar-refractivity contribution in [2.75, 3.05) is 25.1 Å². The summed E-state index contributed by atoms with van der Waals surface area (Å²) in [6.45, 7) is 2.88. The second kappa shape index (κ2) is 9.65. The van der Waals surface area contributed by atoms with Gasteiger partial charge in [-0.3, -0.25) is 4.79 Å². The van der Waals surface area contributed by atoms with E-state index in [0.29, 0.717) is 11.4 Å². The second-order valence-corrected chi connectivity index (χ2v) is 7.61. The summed E-state index contributed by atoms with van der Waals surface area (Å²) in [4.78, 5) is 14.3. The highest BCUT2D eigenvalue weighted by molar-refractivity contribution is 5.61. The molecule has 2 aromatic carbocycles. The van der Waals surface area contributed by atoms with E-state index < -0.39 is 30.3 Å². The zero-order valence-electron chi connectivity index (χ0n) is 19.5. The van der Waals surface area contributed by atoms with Crippen molar-refractivity contribution in [2.45, 2.75) is 19.8 Å². The maximum Gasteiger partial charge on any atom is 0.282 e. The normalized spacial score (nSPS) is 14.1. The summed E-state index contributed by atoms with van der Waals surface area (Å²) in [7, 11) is 1.33. The third kappa shape index (κ3) is 4.51. The Morgan fingerprint density at radius 1 is 0.971 bits per heavy atom. The number of aromatic nitrogens is 4. The molecule has 0 spiro atoms. The van der Waals surface area contributed by atoms with Crippen molar-refractivity contribution in [3.05, 3.63) is 83.0 Å². The van der Waals surface area contributed by atoms with Crippen molar-refractivity contribution in [2.24, 2.45) is 0 Å². The number of benzene rings is 2. The molecule has 4 aromatic rings. The molecule has 2 aromatic heterocycles. The van der Waals surface area contributed by atoms with Crippen molar-refractivity contribution in [3.8, 4) is 28.5 Å². The summed E-state index contributed by atoms with van der Waals surface area (Å²) in [5.74, 6) is -3.63. The predicted octanol–water partition coefficient (Wildman–Crippen LogP) is 4.71. The molecule has 0 N–H and O–H groups in total. The molecule has 1 aliphatic rings. The molecule has 1 saturated heterocycles. The third-order valence-electron chi connectivity index (χ3n) is 5.38. The lowest BCUT2D eigenvalue weighted by Crippen LogP contribution is -2.56. The number of halogens is 3. The van der Waals surface area contributed by atoms with Crippen LogP contribution in [0.15, 0.2) is 71.8 Å². The quantitative estimate of drug-likeness (QED) is 0.411. The first kappa shape index (κ1) is 24.1. The van der Waals surface area contributed by atoms with Gasteiger partial charge in [-0.1, -0.05) is 38.1 Å². The van der Waals surface area contributed by atoms with Crippen LogP contribution >= 0.6 is 0 Å². The largest absolute Gasteiger partial charge is 0.491 e. The van der Waals surface area contributed by atoms with Crippen LogP contribution in [0.2, 0.25) is 0 Å². The molecule has 1 aliphatic heterocycles. The van der Waals surface area contributed by atoms with Gasteiger partial charge >= 0.3 is 0 Å². The highest BCUT2D eigenvalue weighted by Gasteiger charge is 2.45. The van der Waals surface area contributed by atoms with E-state index in [1.165, 1.54) is 41.2 Å². The molecule has 0 aliphatic carbocycles. The topological polar surface area (TPSA) is 65.2 Å². The minimum absolute atomic E-state index is 0.00371. The first-order chi connectivity index (χ1) is 16.9. The van der Waals surface area contributed by atoms with Crippen LogP contribution in [0.25, 0.3) is 22.8 Å². The van der Waals surface area contributed by atoms with Crippen molar-refractivity contribution >= 4 is 5.69 Å². The van der Waals surface area contributed by atoms with Crippen molar-refractivity contribution in [1.82, 2.24) is 19.6 Å². The number of hydrogen-bond acceptors (Lipinski definition) is 5. The van der Waals surface area contributed by atoms with E-state index in [1.54, 1.807) is 16.8 Å². The maximum absolute atomic E-state index is 15.4. The number of hydrogen-bond donors (Lipinski definition) is 0. The van der Waals surface area contributed by atoms with E-state index in [9.17, 15) is 13.6 Å². The van der Waals surface area contributed by atoms with E-state index in [2.05, 4.69) is 10.2 Å². The Kier molecular flexibility index (Phi) is 6.63. The molecule has 0 amide bonds. The second-order valence-electron chi connectivity index (χ2n) is 7.61. The Labute approximate surface area is 200 Å². The zero-order chi connectivity index (χ0) is 25.2. The van der Waals surface area contributed by atoms with Crippen LogP contribution in [0.5, 0.6) is 5.75 Å². The molecule has 0 radical (unpaired) electrons. The first-order valence-corrected chi connectivity index (χ1v) is 11.1. The van der Waals surface area contributed by atoms with Crippen LogP contribution in [0.4, 0.5) is 18.9 Å². The fourth-order valence-electron chi connectivity index (χ4n) is 3.77. The van der Waals surface area contributed by atoms with Gasteiger partial charge in [0.1, 0.15) is 5.69 Å². The minimum atomic E-state index is -2.84. The van der Waals surface area contributed by atoms with Gasteiger partial charge in [-0.15, -0.1) is 0 Å². The monoisotopic (exact) mass is 483 g/mol. The number of rotatable bonds is 5. The smallest absolute Gasteiger partial charge is 0.282 e. The van der Waals surface area contributed by atoms with Crippen LogP contribution in [0, 0.1) is 5.82 Å². The van der Waals surface area contributed by atoms with Gasteiger partial charge in [-0.2, -0.15) is 10.2 Å². The molecule has 0 saturated carbocycles. The maximum atomic E-state index is 15.4. The Balaban J connectivity index is 0.00000141. The Hall–Kier alpha value is -4.08. The standard InChI is InChI=1S/C23H18F3N5O2.C2H6/c1-33-19-12-30(17-9-5-8-16(20(17)24)29-13-23(25,26)14-29)28-21(22(19)32)18-10-11-27-31(18)15-6-3-2-4-7-15;1-2/h2-12H,13-14H2,1H3;1-2H3. The van der Waals surface area contributed by atoms with Crippen LogP contribution < -0.4 is 15.1 Å². The molecule has 35 heavy (non-hydrogen) atoms. The van der Waals surface area contributed by atoms with E-state index in [4.69, 9.17) is 4.74 Å². The lowest BCUT2D eigenvalue weighted by molar-refractivity contribution is -0.0265. The fraction of sp³-hybridized carbons (Fsp3) is 0.240. The van der Waals surface area contributed by atoms with Crippen molar-refractivity contribution in [3.63, 3.8) is 0 Å². The van der Waals surface area contributed by atoms with E-state index in [1.807, 2.05) is 44.2 Å². The molecule has 182 valence electrons. The number of anilines is 1. The lowest BCUT2D eigenvalue weighted by atomic mass is 10.1. The molecule has 3 heterocycles. The minimum Gasteiger partial charge on any atom is -0.491 e. The van der Waals surface area contributed by atoms with Gasteiger partial charge in [0.25, 0.3) is 11.4 Å². The fourth-order valence-corrected chi connectivity index (χ4v) is 3.77. The SMILES string of the molecule is CC.COc1cn(-c2cccc(N3CC(F)(F)C3)c2F)nc(-c2ccnn2-c2ccccc2)c1=O. The van der Waals surface area contributed by atoms with Crippen LogP contribution in [-0.2, 0) is 0 Å². The van der Waals surface area contributed by atoms with Gasteiger partial charge in [-0.25, -0.2) is 22.5 Å². The molecule has 5 rings (SSSR count). The van der Waals surface area contributed by atoms with Gasteiger partial charge < -0.3 is 9.64 Å². The highest BCUT2D eigenvalue weighted by Crippen LogP contribution is 2.35. The molecule has 1 fully saturated rings. The third-order valence-corrected chi connectivity index (χ3v) is 5.38. The number of nitrogens with zero attached hydrogens (tertiary/aromatic N) is 5. The molecule has 7 nitrogen and oxygen atoms in total. The van der Waals surface area contributed by atoms with Crippen molar-refractivity contribution in [1.29, 1.82) is 0 Å². The lowest BCUT2D eigenvalue weighted by Gasteiger charge is -2.40. The van der Waals surface area contributed by atoms with Crippen LogP contribution in [-0.4, -0.2) is 45.7 Å². The first-order valence-electron chi connectivity index (χ1n) is 11.1.